The van der Waals surface area contributed by atoms with E-state index in [-0.39, 0.29) is 28.1 Å². The number of likely N-dealkylation sites (N-methyl/N-ethyl adjacent to an activating group) is 1. The van der Waals surface area contributed by atoms with E-state index >= 15 is 0 Å². The third-order valence-electron chi connectivity index (χ3n) is 3.23. The Morgan fingerprint density at radius 2 is 2.10 bits per heavy atom. The summed E-state index contributed by atoms with van der Waals surface area (Å²) in [5, 5.41) is 19.7. The molecule has 110 valence electrons. The van der Waals surface area contributed by atoms with E-state index in [1.54, 1.807) is 6.92 Å². The highest BCUT2D eigenvalue weighted by atomic mass is 35.5. The second-order valence-electron chi connectivity index (χ2n) is 4.44. The molecule has 0 aliphatic carbocycles. The first kappa shape index (κ1) is 15.5. The fourth-order valence-corrected chi connectivity index (χ4v) is 2.61. The number of aliphatic hydroxyl groups is 1. The van der Waals surface area contributed by atoms with Crippen LogP contribution in [0.1, 0.15) is 28.9 Å². The molecule has 1 N–H and O–H groups in total. The van der Waals surface area contributed by atoms with E-state index in [2.05, 4.69) is 0 Å². The molecule has 0 fully saturated rings. The number of nitrogens with zero attached hydrogens (tertiary/aromatic N) is 2. The zero-order valence-corrected chi connectivity index (χ0v) is 12.9. The van der Waals surface area contributed by atoms with E-state index in [9.17, 15) is 15.2 Å². The number of benzene rings is 1. The van der Waals surface area contributed by atoms with Gasteiger partial charge in [0.1, 0.15) is 17.7 Å². The maximum Gasteiger partial charge on any atom is 0.293 e. The van der Waals surface area contributed by atoms with Gasteiger partial charge in [-0.25, -0.2) is 0 Å². The molecule has 1 unspecified atom stereocenters. The number of ether oxygens (including phenoxy) is 1. The van der Waals surface area contributed by atoms with Gasteiger partial charge in [0.15, 0.2) is 0 Å². The Morgan fingerprint density at radius 3 is 2.67 bits per heavy atom. The summed E-state index contributed by atoms with van der Waals surface area (Å²) in [6.07, 6.45) is 0. The van der Waals surface area contributed by atoms with Crippen LogP contribution in [0.3, 0.4) is 0 Å². The molecule has 21 heavy (non-hydrogen) atoms. The van der Waals surface area contributed by atoms with Gasteiger partial charge in [0.05, 0.1) is 16.7 Å². The number of aliphatic hydroxyl groups excluding tert-OH is 1. The first-order valence-corrected chi connectivity index (χ1v) is 6.90. The molecule has 0 aromatic heterocycles. The summed E-state index contributed by atoms with van der Waals surface area (Å²) in [4.78, 5) is 13.6. The van der Waals surface area contributed by atoms with E-state index in [0.717, 1.165) is 0 Å². The second kappa shape index (κ2) is 5.84. The van der Waals surface area contributed by atoms with E-state index in [4.69, 9.17) is 27.9 Å². The monoisotopic (exact) mass is 326 g/mol. The van der Waals surface area contributed by atoms with Crippen LogP contribution in [-0.2, 0) is 4.74 Å². The van der Waals surface area contributed by atoms with Crippen LogP contribution >= 0.6 is 23.2 Å². The lowest BCUT2D eigenvalue weighted by molar-refractivity contribution is 0.0760. The summed E-state index contributed by atoms with van der Waals surface area (Å²) in [5.41, 5.74) is 0.818. The minimum atomic E-state index is -0.751. The van der Waals surface area contributed by atoms with Crippen LogP contribution < -0.4 is 0 Å². The number of nitriles is 1. The number of hydrogen-bond donors (Lipinski definition) is 1. The molecule has 0 radical (unpaired) electrons. The zero-order chi connectivity index (χ0) is 15.7. The van der Waals surface area contributed by atoms with Crippen molar-refractivity contribution in [3.63, 3.8) is 0 Å². The Hall–Kier alpha value is -1.90. The van der Waals surface area contributed by atoms with Gasteiger partial charge in [-0.3, -0.25) is 4.79 Å². The fraction of sp³-hybridized carbons (Fsp3) is 0.286. The SMILES string of the molecule is CCO/C(O)=C(/C#N)C1c2cc(Cl)c(Cl)cc2C(=O)N1C. The van der Waals surface area contributed by atoms with Crippen molar-refractivity contribution in [1.29, 1.82) is 5.26 Å². The van der Waals surface area contributed by atoms with Crippen LogP contribution in [0, 0.1) is 11.3 Å². The number of amides is 1. The maximum atomic E-state index is 12.2. The van der Waals surface area contributed by atoms with E-state index in [1.165, 1.54) is 24.1 Å². The average Bonchev–Trinajstić information content (AvgIpc) is 2.66. The molecule has 1 amide bonds. The van der Waals surface area contributed by atoms with E-state index < -0.39 is 12.0 Å². The quantitative estimate of drug-likeness (QED) is 0.682. The number of fused-ring (bicyclic) bond motifs is 1. The number of carbonyl (C=O) groups excluding carboxylic acids is 1. The average molecular weight is 327 g/mol. The molecule has 1 aliphatic rings. The summed E-state index contributed by atoms with van der Waals surface area (Å²) < 4.78 is 4.98. The van der Waals surface area contributed by atoms with Crippen molar-refractivity contribution < 1.29 is 14.6 Å². The van der Waals surface area contributed by atoms with Crippen molar-refractivity contribution in [2.45, 2.75) is 13.0 Å². The standard InChI is InChI=1S/C14H12Cl2N2O3/c1-3-21-14(20)9(6-17)12-7-4-10(15)11(16)5-8(7)13(19)18(12)2/h4-5,12,20H,3H2,1-2H3/b14-9-. The smallest absolute Gasteiger partial charge is 0.293 e. The van der Waals surface area contributed by atoms with Crippen molar-refractivity contribution in [1.82, 2.24) is 4.90 Å². The zero-order valence-electron chi connectivity index (χ0n) is 11.4. The fourth-order valence-electron chi connectivity index (χ4n) is 2.28. The molecule has 1 aliphatic heterocycles. The minimum absolute atomic E-state index is 0.0511. The molecule has 0 saturated heterocycles. The molecular formula is C14H12Cl2N2O3. The number of rotatable bonds is 3. The molecule has 1 heterocycles. The second-order valence-corrected chi connectivity index (χ2v) is 5.25. The minimum Gasteiger partial charge on any atom is -0.480 e. The summed E-state index contributed by atoms with van der Waals surface area (Å²) in [7, 11) is 1.53. The molecule has 7 heteroatoms. The number of hydrogen-bond acceptors (Lipinski definition) is 4. The van der Waals surface area contributed by atoms with Gasteiger partial charge in [-0.15, -0.1) is 0 Å². The number of halogens is 2. The van der Waals surface area contributed by atoms with Gasteiger partial charge in [-0.2, -0.15) is 5.26 Å². The number of carbonyl (C=O) groups is 1. The van der Waals surface area contributed by atoms with Gasteiger partial charge in [-0.1, -0.05) is 23.2 Å². The molecule has 0 saturated carbocycles. The summed E-state index contributed by atoms with van der Waals surface area (Å²) in [6.45, 7) is 1.88. The Morgan fingerprint density at radius 1 is 1.48 bits per heavy atom. The van der Waals surface area contributed by atoms with Gasteiger partial charge >= 0.3 is 0 Å². The Balaban J connectivity index is 2.63. The highest BCUT2D eigenvalue weighted by Gasteiger charge is 2.39. The lowest BCUT2D eigenvalue weighted by atomic mass is 9.99. The van der Waals surface area contributed by atoms with E-state index in [0.29, 0.717) is 11.1 Å². The largest absolute Gasteiger partial charge is 0.480 e. The van der Waals surface area contributed by atoms with Crippen LogP contribution in [0.2, 0.25) is 10.0 Å². The maximum absolute atomic E-state index is 12.2. The lowest BCUT2D eigenvalue weighted by Crippen LogP contribution is -2.25. The van der Waals surface area contributed by atoms with E-state index in [1.807, 2.05) is 6.07 Å². The Bertz CT molecular complexity index is 680. The first-order valence-electron chi connectivity index (χ1n) is 6.14. The van der Waals surface area contributed by atoms with Crippen molar-refractivity contribution in [2.24, 2.45) is 0 Å². The van der Waals surface area contributed by atoms with Gasteiger partial charge in [-0.05, 0) is 24.6 Å². The van der Waals surface area contributed by atoms with Crippen molar-refractivity contribution in [3.8, 4) is 6.07 Å². The molecule has 1 atom stereocenters. The summed E-state index contributed by atoms with van der Waals surface area (Å²) >= 11 is 11.9. The van der Waals surface area contributed by atoms with Crippen LogP contribution in [0.4, 0.5) is 0 Å². The highest BCUT2D eigenvalue weighted by molar-refractivity contribution is 6.42. The lowest BCUT2D eigenvalue weighted by Gasteiger charge is -2.20. The first-order chi connectivity index (χ1) is 9.92. The Labute approximate surface area is 131 Å². The molecule has 0 bridgehead atoms. The third kappa shape index (κ3) is 2.53. The van der Waals surface area contributed by atoms with Crippen molar-refractivity contribution >= 4 is 29.1 Å². The molecule has 2 rings (SSSR count). The molecular weight excluding hydrogens is 315 g/mol. The topological polar surface area (TPSA) is 73.6 Å². The van der Waals surface area contributed by atoms with Crippen molar-refractivity contribution in [2.75, 3.05) is 13.7 Å². The van der Waals surface area contributed by atoms with Crippen molar-refractivity contribution in [3.05, 3.63) is 44.8 Å². The predicted octanol–water partition coefficient (Wildman–Crippen LogP) is 3.45. The van der Waals surface area contributed by atoms with Gasteiger partial charge in [0.2, 0.25) is 0 Å². The van der Waals surface area contributed by atoms with Crippen LogP contribution in [0.15, 0.2) is 23.7 Å². The molecule has 5 nitrogen and oxygen atoms in total. The third-order valence-corrected chi connectivity index (χ3v) is 3.95. The van der Waals surface area contributed by atoms with Crippen LogP contribution in [0.5, 0.6) is 0 Å². The predicted molar refractivity (Wildman–Crippen MR) is 78.2 cm³/mol. The highest BCUT2D eigenvalue weighted by Crippen LogP contribution is 2.41. The van der Waals surface area contributed by atoms with Gasteiger partial charge in [0.25, 0.3) is 11.9 Å². The van der Waals surface area contributed by atoms with Crippen LogP contribution in [-0.4, -0.2) is 29.6 Å². The normalized spacial score (nSPS) is 18.1. The van der Waals surface area contributed by atoms with Crippen LogP contribution in [0.25, 0.3) is 0 Å². The summed E-state index contributed by atoms with van der Waals surface area (Å²) in [5.74, 6) is -0.797. The van der Waals surface area contributed by atoms with Gasteiger partial charge in [0, 0.05) is 12.6 Å². The molecule has 0 spiro atoms. The Kier molecular flexibility index (Phi) is 4.31. The summed E-state index contributed by atoms with van der Waals surface area (Å²) in [6, 6.07) is 4.13. The molecule has 1 aromatic carbocycles. The van der Waals surface area contributed by atoms with Gasteiger partial charge < -0.3 is 14.7 Å². The molecule has 1 aromatic rings.